The van der Waals surface area contributed by atoms with E-state index in [1.54, 1.807) is 6.07 Å². The van der Waals surface area contributed by atoms with Crippen LogP contribution >= 0.6 is 0 Å². The zero-order valence-electron chi connectivity index (χ0n) is 20.0. The molecule has 1 aromatic heterocycles. The Morgan fingerprint density at radius 1 is 1.11 bits per heavy atom. The number of rotatable bonds is 7. The minimum Gasteiger partial charge on any atom is -0.406 e. The van der Waals surface area contributed by atoms with Crippen LogP contribution in [-0.4, -0.2) is 43.2 Å². The fourth-order valence-corrected chi connectivity index (χ4v) is 5.77. The first kappa shape index (κ1) is 27.3. The third-order valence-corrected chi connectivity index (χ3v) is 7.99. The molecule has 0 unspecified atom stereocenters. The highest BCUT2D eigenvalue weighted by molar-refractivity contribution is 7.89. The predicted octanol–water partition coefficient (Wildman–Crippen LogP) is 5.23. The number of nitrogens with zero attached hydrogens (tertiary/aromatic N) is 2. The van der Waals surface area contributed by atoms with Gasteiger partial charge in [-0.3, -0.25) is 4.79 Å². The molecule has 0 aliphatic carbocycles. The molecule has 0 bridgehead atoms. The quantitative estimate of drug-likeness (QED) is 0.402. The number of benzene rings is 2. The molecule has 4 rings (SSSR count). The van der Waals surface area contributed by atoms with E-state index in [9.17, 15) is 30.8 Å². The summed E-state index contributed by atoms with van der Waals surface area (Å²) in [7, 11) is -4.03. The van der Waals surface area contributed by atoms with Gasteiger partial charge in [-0.1, -0.05) is 23.4 Å². The highest BCUT2D eigenvalue weighted by atomic mass is 32.2. The van der Waals surface area contributed by atoms with E-state index in [4.69, 9.17) is 4.52 Å². The molecule has 3 aromatic rings. The summed E-state index contributed by atoms with van der Waals surface area (Å²) in [5.41, 5.74) is 0.682. The smallest absolute Gasteiger partial charge is 0.406 e. The minimum atomic E-state index is -4.82. The molecule has 2 heterocycles. The number of nitrogens with one attached hydrogen (secondary N) is 1. The zero-order chi connectivity index (χ0) is 27.5. The van der Waals surface area contributed by atoms with Gasteiger partial charge in [-0.2, -0.15) is 4.31 Å². The molecule has 1 amide bonds. The molecule has 1 saturated heterocycles. The van der Waals surface area contributed by atoms with E-state index in [1.165, 1.54) is 53.7 Å². The average Bonchev–Trinajstić information content (AvgIpc) is 3.25. The number of halogens is 4. The molecule has 1 aliphatic heterocycles. The lowest BCUT2D eigenvalue weighted by Crippen LogP contribution is -2.41. The highest BCUT2D eigenvalue weighted by Crippen LogP contribution is 2.30. The lowest BCUT2D eigenvalue weighted by Gasteiger charge is -2.30. The molecule has 2 aromatic carbocycles. The first-order valence-corrected chi connectivity index (χ1v) is 12.9. The lowest BCUT2D eigenvalue weighted by molar-refractivity contribution is -0.274. The fourth-order valence-electron chi connectivity index (χ4n) is 4.05. The van der Waals surface area contributed by atoms with E-state index in [0.717, 1.165) is 12.1 Å². The van der Waals surface area contributed by atoms with Crippen LogP contribution < -0.4 is 10.1 Å². The van der Waals surface area contributed by atoms with E-state index in [1.807, 2.05) is 0 Å². The summed E-state index contributed by atoms with van der Waals surface area (Å²) in [6.07, 6.45) is -1.62. The van der Waals surface area contributed by atoms with Gasteiger partial charge in [0, 0.05) is 30.3 Å². The van der Waals surface area contributed by atoms with Crippen LogP contribution in [0, 0.1) is 18.7 Å². The molecule has 0 radical (unpaired) electrons. The zero-order valence-corrected chi connectivity index (χ0v) is 20.9. The number of anilines is 1. The normalized spacial score (nSPS) is 15.6. The standard InChI is InChI=1S/C25H23F4N3O5S/c1-16-23(22(37-31-16)11-6-17-4-2-3-5-21(17)26)38(34,35)32-14-12-18(13-15-32)24(33)30-19-7-9-20(10-8-19)36-25(27,28)29/h2-11,18H,12-15H2,1H3,(H,30,33). The Balaban J connectivity index is 1.40. The van der Waals surface area contributed by atoms with Gasteiger partial charge in [0.25, 0.3) is 0 Å². The van der Waals surface area contributed by atoms with Crippen molar-refractivity contribution in [2.75, 3.05) is 18.4 Å². The van der Waals surface area contributed by atoms with Crippen molar-refractivity contribution >= 4 is 33.8 Å². The molecule has 8 nitrogen and oxygen atoms in total. The Bertz CT molecular complexity index is 1430. The number of amides is 1. The molecular weight excluding hydrogens is 530 g/mol. The number of hydrogen-bond acceptors (Lipinski definition) is 6. The van der Waals surface area contributed by atoms with Crippen LogP contribution in [-0.2, 0) is 14.8 Å². The number of carbonyl (C=O) groups excluding carboxylic acids is 1. The van der Waals surface area contributed by atoms with Gasteiger partial charge < -0.3 is 14.6 Å². The van der Waals surface area contributed by atoms with Crippen molar-refractivity contribution in [3.05, 3.63) is 71.4 Å². The van der Waals surface area contributed by atoms with Crippen LogP contribution in [0.25, 0.3) is 12.2 Å². The molecule has 13 heteroatoms. The molecule has 1 N–H and O–H groups in total. The van der Waals surface area contributed by atoms with E-state index in [0.29, 0.717) is 0 Å². The fraction of sp³-hybridized carbons (Fsp3) is 0.280. The summed E-state index contributed by atoms with van der Waals surface area (Å²) in [5.74, 6) is -1.81. The molecular formula is C25H23F4N3O5S. The van der Waals surface area contributed by atoms with Crippen molar-refractivity contribution in [2.24, 2.45) is 5.92 Å². The summed E-state index contributed by atoms with van der Waals surface area (Å²) in [6.45, 7) is 1.60. The molecule has 1 aliphatic rings. The van der Waals surface area contributed by atoms with Crippen LogP contribution in [0.1, 0.15) is 29.9 Å². The largest absolute Gasteiger partial charge is 0.573 e. The van der Waals surface area contributed by atoms with E-state index < -0.39 is 33.9 Å². The summed E-state index contributed by atoms with van der Waals surface area (Å²) < 4.78 is 87.9. The maximum Gasteiger partial charge on any atom is 0.573 e. The third kappa shape index (κ3) is 6.40. The van der Waals surface area contributed by atoms with Crippen LogP contribution in [0.15, 0.2) is 57.9 Å². The van der Waals surface area contributed by atoms with Crippen molar-refractivity contribution in [3.8, 4) is 5.75 Å². The first-order chi connectivity index (χ1) is 17.9. The number of carbonyl (C=O) groups is 1. The molecule has 0 saturated carbocycles. The summed E-state index contributed by atoms with van der Waals surface area (Å²) >= 11 is 0. The van der Waals surface area contributed by atoms with E-state index in [2.05, 4.69) is 15.2 Å². The first-order valence-electron chi connectivity index (χ1n) is 11.5. The summed E-state index contributed by atoms with van der Waals surface area (Å²) in [4.78, 5) is 12.5. The second-order valence-electron chi connectivity index (χ2n) is 8.56. The van der Waals surface area contributed by atoms with Crippen LogP contribution in [0.2, 0.25) is 0 Å². The number of hydrogen-bond donors (Lipinski definition) is 1. The summed E-state index contributed by atoms with van der Waals surface area (Å²) in [5, 5.41) is 6.40. The Morgan fingerprint density at radius 2 is 1.76 bits per heavy atom. The molecule has 1 fully saturated rings. The maximum absolute atomic E-state index is 13.9. The average molecular weight is 554 g/mol. The van der Waals surface area contributed by atoms with Gasteiger partial charge in [0.1, 0.15) is 17.3 Å². The van der Waals surface area contributed by atoms with E-state index >= 15 is 0 Å². The van der Waals surface area contributed by atoms with E-state index in [-0.39, 0.29) is 59.4 Å². The summed E-state index contributed by atoms with van der Waals surface area (Å²) in [6, 6.07) is 10.7. The van der Waals surface area contributed by atoms with Crippen molar-refractivity contribution in [1.82, 2.24) is 9.46 Å². The number of ether oxygens (including phenoxy) is 1. The molecule has 38 heavy (non-hydrogen) atoms. The van der Waals surface area contributed by atoms with Crippen LogP contribution in [0.4, 0.5) is 23.2 Å². The SMILES string of the molecule is Cc1noc(C=Cc2ccccc2F)c1S(=O)(=O)N1CCC(C(=O)Nc2ccc(OC(F)(F)F)cc2)CC1. The van der Waals surface area contributed by atoms with Gasteiger partial charge in [-0.05, 0) is 62.2 Å². The Morgan fingerprint density at radius 3 is 2.39 bits per heavy atom. The lowest BCUT2D eigenvalue weighted by atomic mass is 9.97. The molecule has 202 valence electrons. The molecule has 0 atom stereocenters. The third-order valence-electron chi connectivity index (χ3n) is 5.93. The number of piperidine rings is 1. The number of aromatic nitrogens is 1. The monoisotopic (exact) mass is 553 g/mol. The van der Waals surface area contributed by atoms with Crippen molar-refractivity contribution in [3.63, 3.8) is 0 Å². The van der Waals surface area contributed by atoms with Crippen LogP contribution in [0.3, 0.4) is 0 Å². The highest BCUT2D eigenvalue weighted by Gasteiger charge is 2.36. The van der Waals surface area contributed by atoms with Crippen molar-refractivity contribution in [2.45, 2.75) is 31.0 Å². The number of aryl methyl sites for hydroxylation is 1. The Kier molecular flexibility index (Phi) is 7.88. The van der Waals surface area contributed by atoms with Gasteiger partial charge in [0.2, 0.25) is 15.9 Å². The van der Waals surface area contributed by atoms with Gasteiger partial charge in [-0.15, -0.1) is 13.2 Å². The Labute approximate surface area is 215 Å². The van der Waals surface area contributed by atoms with Crippen molar-refractivity contribution < 1.29 is 40.0 Å². The topological polar surface area (TPSA) is 102 Å². The van der Waals surface area contributed by atoms with Crippen LogP contribution in [0.5, 0.6) is 5.75 Å². The van der Waals surface area contributed by atoms with Gasteiger partial charge in [0.05, 0.1) is 0 Å². The number of alkyl halides is 3. The maximum atomic E-state index is 13.9. The minimum absolute atomic E-state index is 0.0384. The number of sulfonamides is 1. The second kappa shape index (κ2) is 11.0. The molecule has 0 spiro atoms. The van der Waals surface area contributed by atoms with Crippen molar-refractivity contribution in [1.29, 1.82) is 0 Å². The second-order valence-corrected chi connectivity index (χ2v) is 10.4. The van der Waals surface area contributed by atoms with Gasteiger partial charge in [-0.25, -0.2) is 12.8 Å². The van der Waals surface area contributed by atoms with Gasteiger partial charge in [0.15, 0.2) is 10.7 Å². The van der Waals surface area contributed by atoms with Gasteiger partial charge >= 0.3 is 6.36 Å². The Hall–Kier alpha value is -3.71. The predicted molar refractivity (Wildman–Crippen MR) is 130 cm³/mol.